The lowest BCUT2D eigenvalue weighted by atomic mass is 9.99. The Bertz CT molecular complexity index is 1300. The molecule has 1 saturated carbocycles. The SMILES string of the molecule is O=C1Nc2c(C3CC3)ncc(Cl)c2CN1c1cc2c(cc1Cl)CCC(c1ncccc1F)O2. The number of nitrogens with zero attached hydrogens (tertiary/aromatic N) is 3. The van der Waals surface area contributed by atoms with Crippen LogP contribution in [0.4, 0.5) is 20.6 Å². The monoisotopic (exact) mass is 484 g/mol. The molecule has 1 aliphatic carbocycles. The number of benzene rings is 1. The number of nitrogens with one attached hydrogen (secondary N) is 1. The molecule has 0 radical (unpaired) electrons. The van der Waals surface area contributed by atoms with Crippen molar-refractivity contribution in [3.8, 4) is 5.75 Å². The minimum atomic E-state index is -0.509. The Morgan fingerprint density at radius 1 is 1.12 bits per heavy atom. The summed E-state index contributed by atoms with van der Waals surface area (Å²) in [6, 6.07) is 6.17. The molecule has 3 aromatic rings. The predicted octanol–water partition coefficient (Wildman–Crippen LogP) is 6.42. The highest BCUT2D eigenvalue weighted by molar-refractivity contribution is 6.34. The summed E-state index contributed by atoms with van der Waals surface area (Å²) < 4.78 is 20.4. The molecule has 1 aromatic carbocycles. The number of carbonyl (C=O) groups excluding carboxylic acids is 1. The highest BCUT2D eigenvalue weighted by Crippen LogP contribution is 2.47. The number of halogens is 3. The van der Waals surface area contributed by atoms with Crippen LogP contribution in [-0.2, 0) is 13.0 Å². The molecule has 3 aliphatic rings. The zero-order valence-corrected chi connectivity index (χ0v) is 19.0. The van der Waals surface area contributed by atoms with Gasteiger partial charge in [0.2, 0.25) is 0 Å². The van der Waals surface area contributed by atoms with Crippen LogP contribution in [0.5, 0.6) is 5.75 Å². The molecule has 33 heavy (non-hydrogen) atoms. The molecule has 0 bridgehead atoms. The summed E-state index contributed by atoms with van der Waals surface area (Å²) in [6.07, 6.45) is 6.06. The van der Waals surface area contributed by atoms with Gasteiger partial charge in [0.15, 0.2) is 0 Å². The number of aromatic nitrogens is 2. The van der Waals surface area contributed by atoms with Gasteiger partial charge in [-0.05, 0) is 49.4 Å². The van der Waals surface area contributed by atoms with Crippen molar-refractivity contribution in [2.24, 2.45) is 0 Å². The van der Waals surface area contributed by atoms with E-state index in [0.717, 1.165) is 29.7 Å². The Labute approximate surface area is 199 Å². The summed E-state index contributed by atoms with van der Waals surface area (Å²) in [4.78, 5) is 23.3. The van der Waals surface area contributed by atoms with Gasteiger partial charge in [-0.3, -0.25) is 14.9 Å². The minimum Gasteiger partial charge on any atom is -0.484 e. The molecule has 168 valence electrons. The molecule has 1 fully saturated rings. The van der Waals surface area contributed by atoms with Gasteiger partial charge in [-0.2, -0.15) is 0 Å². The molecule has 4 heterocycles. The zero-order chi connectivity index (χ0) is 22.7. The number of pyridine rings is 2. The summed E-state index contributed by atoms with van der Waals surface area (Å²) in [7, 11) is 0. The molecule has 2 aromatic heterocycles. The van der Waals surface area contributed by atoms with Crippen molar-refractivity contribution in [1.82, 2.24) is 9.97 Å². The summed E-state index contributed by atoms with van der Waals surface area (Å²) in [5.41, 5.74) is 4.10. The van der Waals surface area contributed by atoms with Crippen LogP contribution in [0.25, 0.3) is 0 Å². The average Bonchev–Trinajstić information content (AvgIpc) is 3.64. The van der Waals surface area contributed by atoms with Gasteiger partial charge >= 0.3 is 6.03 Å². The Balaban J connectivity index is 1.35. The van der Waals surface area contributed by atoms with Crippen molar-refractivity contribution in [3.63, 3.8) is 0 Å². The molecule has 2 aliphatic heterocycles. The molecular weight excluding hydrogens is 466 g/mol. The van der Waals surface area contributed by atoms with Crippen LogP contribution in [0.2, 0.25) is 10.0 Å². The average molecular weight is 485 g/mol. The first-order valence-electron chi connectivity index (χ1n) is 10.8. The van der Waals surface area contributed by atoms with E-state index in [-0.39, 0.29) is 18.3 Å². The third kappa shape index (κ3) is 3.60. The number of hydrogen-bond acceptors (Lipinski definition) is 4. The third-order valence-electron chi connectivity index (χ3n) is 6.38. The van der Waals surface area contributed by atoms with Crippen LogP contribution >= 0.6 is 23.2 Å². The van der Waals surface area contributed by atoms with E-state index in [9.17, 15) is 9.18 Å². The highest BCUT2D eigenvalue weighted by Gasteiger charge is 2.35. The largest absolute Gasteiger partial charge is 0.484 e. The van der Waals surface area contributed by atoms with Gasteiger partial charge in [0.05, 0.1) is 33.7 Å². The van der Waals surface area contributed by atoms with E-state index < -0.39 is 11.9 Å². The zero-order valence-electron chi connectivity index (χ0n) is 17.4. The summed E-state index contributed by atoms with van der Waals surface area (Å²) >= 11 is 13.1. The summed E-state index contributed by atoms with van der Waals surface area (Å²) in [5, 5.41) is 3.90. The van der Waals surface area contributed by atoms with Crippen molar-refractivity contribution < 1.29 is 13.9 Å². The van der Waals surface area contributed by atoms with Crippen LogP contribution in [0.1, 0.15) is 53.8 Å². The number of urea groups is 1. The fraction of sp³-hybridized carbons (Fsp3) is 0.292. The number of ether oxygens (including phenoxy) is 1. The Kier molecular flexibility index (Phi) is 4.92. The Morgan fingerprint density at radius 3 is 2.76 bits per heavy atom. The van der Waals surface area contributed by atoms with E-state index >= 15 is 0 Å². The number of aryl methyl sites for hydroxylation is 1. The number of rotatable bonds is 3. The standard InChI is InChI=1S/C24H19Cl2FN4O2/c25-15-8-13-5-6-19(23-17(27)2-1-7-28-23)33-20(13)9-18(15)31-11-14-16(26)10-29-21(12-3-4-12)22(14)30-24(31)32/h1-2,7-10,12,19H,3-6,11H2,(H,30,32). The number of amides is 2. The maximum atomic E-state index is 14.3. The molecule has 0 saturated heterocycles. The fourth-order valence-corrected chi connectivity index (χ4v) is 5.02. The maximum absolute atomic E-state index is 14.3. The van der Waals surface area contributed by atoms with Crippen molar-refractivity contribution in [2.45, 2.75) is 44.2 Å². The number of carbonyl (C=O) groups is 1. The lowest BCUT2D eigenvalue weighted by Gasteiger charge is -2.33. The second-order valence-corrected chi connectivity index (χ2v) is 9.38. The van der Waals surface area contributed by atoms with Crippen molar-refractivity contribution in [3.05, 3.63) is 75.0 Å². The molecule has 6 rings (SSSR count). The van der Waals surface area contributed by atoms with Crippen LogP contribution in [0, 0.1) is 5.82 Å². The normalized spacial score (nSPS) is 19.4. The first-order valence-corrected chi connectivity index (χ1v) is 11.6. The van der Waals surface area contributed by atoms with Gasteiger partial charge in [0.25, 0.3) is 0 Å². The van der Waals surface area contributed by atoms with E-state index in [1.165, 1.54) is 6.07 Å². The van der Waals surface area contributed by atoms with E-state index in [1.807, 2.05) is 6.07 Å². The van der Waals surface area contributed by atoms with Gasteiger partial charge < -0.3 is 10.1 Å². The second-order valence-electron chi connectivity index (χ2n) is 8.56. The number of hydrogen-bond donors (Lipinski definition) is 1. The molecule has 6 nitrogen and oxygen atoms in total. The number of anilines is 2. The van der Waals surface area contributed by atoms with Gasteiger partial charge in [-0.15, -0.1) is 0 Å². The van der Waals surface area contributed by atoms with Crippen LogP contribution < -0.4 is 15.0 Å². The molecule has 1 N–H and O–H groups in total. The highest BCUT2D eigenvalue weighted by atomic mass is 35.5. The van der Waals surface area contributed by atoms with E-state index in [0.29, 0.717) is 45.9 Å². The maximum Gasteiger partial charge on any atom is 0.326 e. The molecule has 9 heteroatoms. The molecule has 2 amide bonds. The van der Waals surface area contributed by atoms with Crippen molar-refractivity contribution >= 4 is 40.6 Å². The lowest BCUT2D eigenvalue weighted by molar-refractivity contribution is 0.167. The Morgan fingerprint density at radius 2 is 1.97 bits per heavy atom. The Hall–Kier alpha value is -2.90. The first kappa shape index (κ1) is 20.7. The van der Waals surface area contributed by atoms with E-state index in [2.05, 4.69) is 15.3 Å². The summed E-state index contributed by atoms with van der Waals surface area (Å²) in [5.74, 6) is 0.531. The quantitative estimate of drug-likeness (QED) is 0.465. The van der Waals surface area contributed by atoms with Crippen molar-refractivity contribution in [2.75, 3.05) is 10.2 Å². The van der Waals surface area contributed by atoms with Gasteiger partial charge in [0.1, 0.15) is 23.4 Å². The minimum absolute atomic E-state index is 0.263. The first-order chi connectivity index (χ1) is 16.0. The van der Waals surface area contributed by atoms with Gasteiger partial charge in [-0.25, -0.2) is 9.18 Å². The van der Waals surface area contributed by atoms with Crippen LogP contribution in [0.3, 0.4) is 0 Å². The van der Waals surface area contributed by atoms with Crippen molar-refractivity contribution in [1.29, 1.82) is 0 Å². The van der Waals surface area contributed by atoms with E-state index in [1.54, 1.807) is 29.4 Å². The molecule has 1 unspecified atom stereocenters. The fourth-order valence-electron chi connectivity index (χ4n) is 4.52. The molecule has 1 atom stereocenters. The topological polar surface area (TPSA) is 67.4 Å². The number of fused-ring (bicyclic) bond motifs is 2. The lowest BCUT2D eigenvalue weighted by Crippen LogP contribution is -2.39. The van der Waals surface area contributed by atoms with Gasteiger partial charge in [-0.1, -0.05) is 23.2 Å². The van der Waals surface area contributed by atoms with Crippen LogP contribution in [0.15, 0.2) is 36.7 Å². The predicted molar refractivity (Wildman–Crippen MR) is 124 cm³/mol. The van der Waals surface area contributed by atoms with Crippen LogP contribution in [-0.4, -0.2) is 16.0 Å². The summed E-state index contributed by atoms with van der Waals surface area (Å²) in [6.45, 7) is 0.263. The molecule has 0 spiro atoms. The smallest absolute Gasteiger partial charge is 0.326 e. The third-order valence-corrected chi connectivity index (χ3v) is 7.01. The van der Waals surface area contributed by atoms with E-state index in [4.69, 9.17) is 27.9 Å². The van der Waals surface area contributed by atoms with Gasteiger partial charge in [0, 0.05) is 29.9 Å². The second kappa shape index (κ2) is 7.85. The molecular formula is C24H19Cl2FN4O2.